The fourth-order valence-electron chi connectivity index (χ4n) is 2.64. The van der Waals surface area contributed by atoms with Gasteiger partial charge in [0, 0.05) is 17.5 Å². The van der Waals surface area contributed by atoms with Gasteiger partial charge in [-0.1, -0.05) is 12.1 Å². The van der Waals surface area contributed by atoms with Gasteiger partial charge in [-0.25, -0.2) is 8.78 Å². The van der Waals surface area contributed by atoms with Crippen LogP contribution in [0.1, 0.15) is 29.2 Å². The zero-order chi connectivity index (χ0) is 14.8. The van der Waals surface area contributed by atoms with E-state index in [2.05, 4.69) is 5.32 Å². The molecule has 110 valence electrons. The number of hydrogen-bond donors (Lipinski definition) is 1. The maximum Gasteiger partial charge on any atom is 0.126 e. The maximum atomic E-state index is 13.4. The van der Waals surface area contributed by atoms with E-state index in [0.29, 0.717) is 12.1 Å². The Kier molecular flexibility index (Phi) is 4.27. The molecule has 1 N–H and O–H groups in total. The highest BCUT2D eigenvalue weighted by atomic mass is 32.2. The van der Waals surface area contributed by atoms with Crippen molar-refractivity contribution in [3.8, 4) is 0 Å². The van der Waals surface area contributed by atoms with Gasteiger partial charge in [0.1, 0.15) is 11.6 Å². The fraction of sp³-hybridized carbons (Fsp3) is 0.294. The Morgan fingerprint density at radius 3 is 2.86 bits per heavy atom. The second-order valence-electron chi connectivity index (χ2n) is 5.34. The van der Waals surface area contributed by atoms with Crippen LogP contribution in [0.15, 0.2) is 41.3 Å². The third-order valence-electron chi connectivity index (χ3n) is 3.79. The molecule has 0 amide bonds. The Hall–Kier alpha value is -1.39. The second-order valence-corrected chi connectivity index (χ2v) is 6.47. The quantitative estimate of drug-likeness (QED) is 0.889. The van der Waals surface area contributed by atoms with Crippen molar-refractivity contribution in [1.29, 1.82) is 0 Å². The van der Waals surface area contributed by atoms with Crippen LogP contribution < -0.4 is 5.32 Å². The summed E-state index contributed by atoms with van der Waals surface area (Å²) in [4.78, 5) is 1.15. The highest BCUT2D eigenvalue weighted by Gasteiger charge is 2.20. The van der Waals surface area contributed by atoms with Gasteiger partial charge in [0.25, 0.3) is 0 Å². The summed E-state index contributed by atoms with van der Waals surface area (Å²) in [5, 5.41) is 3.47. The average Bonchev–Trinajstić information content (AvgIpc) is 2.48. The zero-order valence-electron chi connectivity index (χ0n) is 11.8. The van der Waals surface area contributed by atoms with Gasteiger partial charge in [-0.2, -0.15) is 0 Å². The molecule has 3 rings (SSSR count). The van der Waals surface area contributed by atoms with Crippen LogP contribution >= 0.6 is 11.8 Å². The first-order chi connectivity index (χ1) is 10.1. The summed E-state index contributed by atoms with van der Waals surface area (Å²) < 4.78 is 26.7. The minimum absolute atomic E-state index is 0.155. The van der Waals surface area contributed by atoms with E-state index in [0.717, 1.165) is 28.2 Å². The lowest BCUT2D eigenvalue weighted by Crippen LogP contribution is -2.24. The molecule has 2 aromatic rings. The molecule has 1 heterocycles. The molecule has 0 aliphatic carbocycles. The number of hydrogen-bond acceptors (Lipinski definition) is 2. The zero-order valence-corrected chi connectivity index (χ0v) is 12.6. The minimum atomic E-state index is -0.194. The predicted molar refractivity (Wildman–Crippen MR) is 82.5 cm³/mol. The second kappa shape index (κ2) is 6.16. The number of benzene rings is 2. The molecule has 0 saturated heterocycles. The van der Waals surface area contributed by atoms with Gasteiger partial charge in [0.05, 0.1) is 0 Å². The molecule has 4 heteroatoms. The van der Waals surface area contributed by atoms with Gasteiger partial charge in [0.2, 0.25) is 0 Å². The van der Waals surface area contributed by atoms with E-state index in [1.807, 2.05) is 12.1 Å². The lowest BCUT2D eigenvalue weighted by Gasteiger charge is -2.26. The van der Waals surface area contributed by atoms with Crippen LogP contribution in [-0.2, 0) is 6.54 Å². The van der Waals surface area contributed by atoms with E-state index in [1.54, 1.807) is 30.8 Å². The lowest BCUT2D eigenvalue weighted by molar-refractivity contribution is 0.504. The molecule has 0 bridgehead atoms. The van der Waals surface area contributed by atoms with Crippen LogP contribution in [0.2, 0.25) is 0 Å². The van der Waals surface area contributed by atoms with Gasteiger partial charge < -0.3 is 5.32 Å². The van der Waals surface area contributed by atoms with Gasteiger partial charge in [-0.05, 0) is 60.1 Å². The SMILES string of the molecule is Cc1cc(CNC2CCSc3ccc(F)cc32)ccc1F. The first kappa shape index (κ1) is 14.5. The highest BCUT2D eigenvalue weighted by Crippen LogP contribution is 2.36. The molecule has 1 aliphatic heterocycles. The Morgan fingerprint density at radius 1 is 1.19 bits per heavy atom. The summed E-state index contributed by atoms with van der Waals surface area (Å²) in [5.74, 6) is 0.652. The van der Waals surface area contributed by atoms with Gasteiger partial charge in [-0.3, -0.25) is 0 Å². The van der Waals surface area contributed by atoms with Crippen LogP contribution in [0, 0.1) is 18.6 Å². The number of rotatable bonds is 3. The maximum absolute atomic E-state index is 13.4. The normalized spacial score (nSPS) is 17.6. The molecular formula is C17H17F2NS. The third-order valence-corrected chi connectivity index (χ3v) is 4.91. The molecule has 1 atom stereocenters. The van der Waals surface area contributed by atoms with Crippen LogP contribution in [0.25, 0.3) is 0 Å². The molecule has 1 nitrogen and oxygen atoms in total. The van der Waals surface area contributed by atoms with Crippen LogP contribution in [0.3, 0.4) is 0 Å². The van der Waals surface area contributed by atoms with E-state index in [1.165, 1.54) is 12.1 Å². The smallest absolute Gasteiger partial charge is 0.126 e. The third kappa shape index (κ3) is 3.27. The summed E-state index contributed by atoms with van der Waals surface area (Å²) in [6.45, 7) is 2.42. The molecular weight excluding hydrogens is 288 g/mol. The predicted octanol–water partition coefficient (Wildman–Crippen LogP) is 4.60. The number of aryl methyl sites for hydroxylation is 1. The molecule has 21 heavy (non-hydrogen) atoms. The lowest BCUT2D eigenvalue weighted by atomic mass is 10.0. The van der Waals surface area contributed by atoms with Crippen molar-refractivity contribution in [3.63, 3.8) is 0 Å². The summed E-state index contributed by atoms with van der Waals surface area (Å²) >= 11 is 1.77. The van der Waals surface area contributed by atoms with E-state index < -0.39 is 0 Å². The Bertz CT molecular complexity index is 657. The molecule has 0 radical (unpaired) electrons. The molecule has 2 aromatic carbocycles. The summed E-state index contributed by atoms with van der Waals surface area (Å²) in [6, 6.07) is 10.3. The molecule has 0 aromatic heterocycles. The van der Waals surface area contributed by atoms with E-state index in [4.69, 9.17) is 0 Å². The van der Waals surface area contributed by atoms with Crippen molar-refractivity contribution in [2.24, 2.45) is 0 Å². The summed E-state index contributed by atoms with van der Waals surface area (Å²) in [6.07, 6.45) is 0.974. The summed E-state index contributed by atoms with van der Waals surface area (Å²) in [7, 11) is 0. The highest BCUT2D eigenvalue weighted by molar-refractivity contribution is 7.99. The van der Waals surface area contributed by atoms with Crippen molar-refractivity contribution in [2.45, 2.75) is 30.8 Å². The van der Waals surface area contributed by atoms with Crippen molar-refractivity contribution in [1.82, 2.24) is 5.32 Å². The number of halogens is 2. The number of fused-ring (bicyclic) bond motifs is 1. The summed E-state index contributed by atoms with van der Waals surface area (Å²) in [5.41, 5.74) is 2.73. The first-order valence-corrected chi connectivity index (χ1v) is 8.03. The van der Waals surface area contributed by atoms with Crippen molar-refractivity contribution >= 4 is 11.8 Å². The van der Waals surface area contributed by atoms with Crippen LogP contribution in [0.4, 0.5) is 8.78 Å². The molecule has 0 fully saturated rings. The number of nitrogens with one attached hydrogen (secondary N) is 1. The molecule has 0 spiro atoms. The van der Waals surface area contributed by atoms with Crippen LogP contribution in [-0.4, -0.2) is 5.75 Å². The van der Waals surface area contributed by atoms with Gasteiger partial charge in [-0.15, -0.1) is 11.8 Å². The van der Waals surface area contributed by atoms with Gasteiger partial charge >= 0.3 is 0 Å². The average molecular weight is 305 g/mol. The van der Waals surface area contributed by atoms with E-state index in [9.17, 15) is 8.78 Å². The Balaban J connectivity index is 1.74. The van der Waals surface area contributed by atoms with Crippen LogP contribution in [0.5, 0.6) is 0 Å². The van der Waals surface area contributed by atoms with Crippen molar-refractivity contribution in [3.05, 3.63) is 64.7 Å². The van der Waals surface area contributed by atoms with E-state index >= 15 is 0 Å². The topological polar surface area (TPSA) is 12.0 Å². The standard InChI is InChI=1S/C17H17F2NS/c1-11-8-12(2-4-15(11)19)10-20-16-6-7-21-17-5-3-13(18)9-14(16)17/h2-5,8-9,16,20H,6-7,10H2,1H3. The monoisotopic (exact) mass is 305 g/mol. The first-order valence-electron chi connectivity index (χ1n) is 7.04. The fourth-order valence-corrected chi connectivity index (χ4v) is 3.74. The Labute approximate surface area is 127 Å². The van der Waals surface area contributed by atoms with Crippen molar-refractivity contribution in [2.75, 3.05) is 5.75 Å². The molecule has 0 saturated carbocycles. The van der Waals surface area contributed by atoms with E-state index in [-0.39, 0.29) is 17.7 Å². The largest absolute Gasteiger partial charge is 0.306 e. The number of thioether (sulfide) groups is 1. The minimum Gasteiger partial charge on any atom is -0.306 e. The van der Waals surface area contributed by atoms with Gasteiger partial charge in [0.15, 0.2) is 0 Å². The molecule has 1 aliphatic rings. The van der Waals surface area contributed by atoms with Crippen molar-refractivity contribution < 1.29 is 8.78 Å². The Morgan fingerprint density at radius 2 is 2.05 bits per heavy atom. The molecule has 1 unspecified atom stereocenters.